The lowest BCUT2D eigenvalue weighted by Crippen LogP contribution is -2.30. The molecular formula is C15H14ClNO2S2. The third-order valence-corrected chi connectivity index (χ3v) is 6.48. The van der Waals surface area contributed by atoms with Crippen LogP contribution in [0.2, 0.25) is 5.02 Å². The largest absolute Gasteiger partial charge is 0.242 e. The van der Waals surface area contributed by atoms with E-state index in [-0.39, 0.29) is 16.0 Å². The maximum absolute atomic E-state index is 12.5. The van der Waals surface area contributed by atoms with Gasteiger partial charge in [0.25, 0.3) is 0 Å². The van der Waals surface area contributed by atoms with Crippen molar-refractivity contribution >= 4 is 33.4 Å². The molecule has 3 nitrogen and oxygen atoms in total. The number of sulfonamides is 1. The van der Waals surface area contributed by atoms with E-state index in [0.29, 0.717) is 0 Å². The first-order chi connectivity index (χ1) is 10.1. The van der Waals surface area contributed by atoms with E-state index in [1.165, 1.54) is 6.07 Å². The zero-order chi connectivity index (χ0) is 14.9. The van der Waals surface area contributed by atoms with Gasteiger partial charge in [-0.1, -0.05) is 41.9 Å². The summed E-state index contributed by atoms with van der Waals surface area (Å²) in [6, 6.07) is 14.2. The van der Waals surface area contributed by atoms with Gasteiger partial charge in [0.05, 0.1) is 5.02 Å². The molecule has 0 aliphatic carbocycles. The fraction of sp³-hybridized carbons (Fsp3) is 0.200. The quantitative estimate of drug-likeness (QED) is 0.923. The molecule has 1 unspecified atom stereocenters. The van der Waals surface area contributed by atoms with E-state index in [1.54, 1.807) is 30.0 Å². The van der Waals surface area contributed by atoms with Gasteiger partial charge in [0.15, 0.2) is 0 Å². The second-order valence-electron chi connectivity index (χ2n) is 4.78. The third kappa shape index (κ3) is 3.11. The number of rotatable bonds is 3. The molecule has 1 aliphatic heterocycles. The predicted molar refractivity (Wildman–Crippen MR) is 86.3 cm³/mol. The SMILES string of the molecule is O=S(=O)(NC1CCSc2ccccc21)c1ccccc1Cl. The Morgan fingerprint density at radius 1 is 1.10 bits per heavy atom. The van der Waals surface area contributed by atoms with Gasteiger partial charge in [0, 0.05) is 10.9 Å². The van der Waals surface area contributed by atoms with Crippen LogP contribution in [0.1, 0.15) is 18.0 Å². The predicted octanol–water partition coefficient (Wildman–Crippen LogP) is 3.86. The summed E-state index contributed by atoms with van der Waals surface area (Å²) in [6.45, 7) is 0. The summed E-state index contributed by atoms with van der Waals surface area (Å²) in [5, 5.41) is 0.239. The van der Waals surface area contributed by atoms with Gasteiger partial charge < -0.3 is 0 Å². The number of fused-ring (bicyclic) bond motifs is 1. The van der Waals surface area contributed by atoms with Crippen molar-refractivity contribution in [3.05, 3.63) is 59.1 Å². The molecule has 1 aliphatic rings. The van der Waals surface area contributed by atoms with E-state index < -0.39 is 10.0 Å². The van der Waals surface area contributed by atoms with Gasteiger partial charge in [-0.3, -0.25) is 0 Å². The molecule has 0 radical (unpaired) electrons. The Bertz CT molecular complexity index is 762. The Hall–Kier alpha value is -1.01. The monoisotopic (exact) mass is 339 g/mol. The summed E-state index contributed by atoms with van der Waals surface area (Å²) < 4.78 is 27.8. The first-order valence-corrected chi connectivity index (χ1v) is 9.41. The van der Waals surface area contributed by atoms with Gasteiger partial charge in [-0.25, -0.2) is 13.1 Å². The number of benzene rings is 2. The van der Waals surface area contributed by atoms with Crippen molar-refractivity contribution in [2.75, 3.05) is 5.75 Å². The zero-order valence-corrected chi connectivity index (χ0v) is 13.5. The highest BCUT2D eigenvalue weighted by atomic mass is 35.5. The van der Waals surface area contributed by atoms with Crippen molar-refractivity contribution < 1.29 is 8.42 Å². The highest BCUT2D eigenvalue weighted by Crippen LogP contribution is 2.36. The van der Waals surface area contributed by atoms with Crippen LogP contribution in [0.5, 0.6) is 0 Å². The van der Waals surface area contributed by atoms with Crippen LogP contribution >= 0.6 is 23.4 Å². The number of hydrogen-bond donors (Lipinski definition) is 1. The van der Waals surface area contributed by atoms with E-state index in [1.807, 2.05) is 24.3 Å². The minimum absolute atomic E-state index is 0.127. The van der Waals surface area contributed by atoms with Crippen LogP contribution in [0.15, 0.2) is 58.3 Å². The molecule has 1 N–H and O–H groups in total. The summed E-state index contributed by atoms with van der Waals surface area (Å²) in [6.07, 6.45) is 0.769. The van der Waals surface area contributed by atoms with Crippen molar-refractivity contribution in [2.45, 2.75) is 22.3 Å². The highest BCUT2D eigenvalue weighted by molar-refractivity contribution is 7.99. The molecule has 0 saturated carbocycles. The molecule has 0 amide bonds. The second kappa shape index (κ2) is 6.01. The Balaban J connectivity index is 1.93. The number of halogens is 1. The summed E-state index contributed by atoms with van der Waals surface area (Å²) in [5.41, 5.74) is 1.03. The maximum Gasteiger partial charge on any atom is 0.242 e. The van der Waals surface area contributed by atoms with Gasteiger partial charge in [-0.05, 0) is 35.9 Å². The van der Waals surface area contributed by atoms with Gasteiger partial charge >= 0.3 is 0 Å². The van der Waals surface area contributed by atoms with Gasteiger partial charge in [-0.2, -0.15) is 0 Å². The normalized spacial score (nSPS) is 18.2. The van der Waals surface area contributed by atoms with Crippen LogP contribution in [-0.2, 0) is 10.0 Å². The summed E-state index contributed by atoms with van der Waals surface area (Å²) in [4.78, 5) is 1.26. The fourth-order valence-corrected chi connectivity index (χ4v) is 5.27. The second-order valence-corrected chi connectivity index (χ2v) is 8.01. The van der Waals surface area contributed by atoms with Gasteiger partial charge in [0.1, 0.15) is 4.90 Å². The lowest BCUT2D eigenvalue weighted by atomic mass is 10.1. The molecule has 0 spiro atoms. The fourth-order valence-electron chi connectivity index (χ4n) is 2.38. The van der Waals surface area contributed by atoms with Crippen molar-refractivity contribution in [3.8, 4) is 0 Å². The van der Waals surface area contributed by atoms with Crippen LogP contribution in [0.3, 0.4) is 0 Å². The number of thioether (sulfide) groups is 1. The van der Waals surface area contributed by atoms with Gasteiger partial charge in [-0.15, -0.1) is 11.8 Å². The van der Waals surface area contributed by atoms with Gasteiger partial charge in [0.2, 0.25) is 10.0 Å². The van der Waals surface area contributed by atoms with E-state index in [0.717, 1.165) is 22.6 Å². The molecule has 2 aromatic carbocycles. The lowest BCUT2D eigenvalue weighted by molar-refractivity contribution is 0.546. The molecule has 110 valence electrons. The molecule has 0 fully saturated rings. The molecule has 2 aromatic rings. The minimum atomic E-state index is -3.62. The molecule has 21 heavy (non-hydrogen) atoms. The van der Waals surface area contributed by atoms with Crippen molar-refractivity contribution in [1.82, 2.24) is 4.72 Å². The van der Waals surface area contributed by atoms with Crippen molar-refractivity contribution in [2.24, 2.45) is 0 Å². The van der Waals surface area contributed by atoms with E-state index in [4.69, 9.17) is 11.6 Å². The Morgan fingerprint density at radius 3 is 2.62 bits per heavy atom. The molecule has 6 heteroatoms. The number of hydrogen-bond acceptors (Lipinski definition) is 3. The van der Waals surface area contributed by atoms with E-state index in [9.17, 15) is 8.42 Å². The van der Waals surface area contributed by atoms with Crippen LogP contribution in [-0.4, -0.2) is 14.2 Å². The summed E-state index contributed by atoms with van der Waals surface area (Å²) in [7, 11) is -3.62. The van der Waals surface area contributed by atoms with Crippen LogP contribution < -0.4 is 4.72 Å². The minimum Gasteiger partial charge on any atom is -0.207 e. The Morgan fingerprint density at radius 2 is 1.81 bits per heavy atom. The zero-order valence-electron chi connectivity index (χ0n) is 11.1. The topological polar surface area (TPSA) is 46.2 Å². The lowest BCUT2D eigenvalue weighted by Gasteiger charge is -2.25. The van der Waals surface area contributed by atoms with E-state index >= 15 is 0 Å². The number of nitrogens with one attached hydrogen (secondary N) is 1. The first-order valence-electron chi connectivity index (χ1n) is 6.56. The Labute approximate surface area is 133 Å². The van der Waals surface area contributed by atoms with E-state index in [2.05, 4.69) is 4.72 Å². The summed E-state index contributed by atoms with van der Waals surface area (Å²) >= 11 is 7.76. The molecule has 3 rings (SSSR count). The molecule has 1 heterocycles. The molecule has 0 bridgehead atoms. The first kappa shape index (κ1) is 14.9. The standard InChI is InChI=1S/C15H14ClNO2S2/c16-12-6-2-4-8-15(12)21(18,19)17-13-9-10-20-14-7-3-1-5-11(13)14/h1-8,13,17H,9-10H2. The van der Waals surface area contributed by atoms with Crippen LogP contribution in [0, 0.1) is 0 Å². The molecule has 0 saturated heterocycles. The maximum atomic E-state index is 12.5. The Kier molecular flexibility index (Phi) is 4.26. The van der Waals surface area contributed by atoms with Crippen LogP contribution in [0.4, 0.5) is 0 Å². The molecule has 1 atom stereocenters. The van der Waals surface area contributed by atoms with Crippen molar-refractivity contribution in [1.29, 1.82) is 0 Å². The highest BCUT2D eigenvalue weighted by Gasteiger charge is 2.26. The average Bonchev–Trinajstić information content (AvgIpc) is 2.47. The average molecular weight is 340 g/mol. The molecule has 0 aromatic heterocycles. The van der Waals surface area contributed by atoms with Crippen molar-refractivity contribution in [3.63, 3.8) is 0 Å². The summed E-state index contributed by atoms with van der Waals surface area (Å²) in [5.74, 6) is 0.896. The van der Waals surface area contributed by atoms with Crippen LogP contribution in [0.25, 0.3) is 0 Å². The third-order valence-electron chi connectivity index (χ3n) is 3.38. The smallest absolute Gasteiger partial charge is 0.207 e. The molecular weight excluding hydrogens is 326 g/mol.